The molecule has 0 spiro atoms. The number of nitrogens with zero attached hydrogens (tertiary/aromatic N) is 6. The van der Waals surface area contributed by atoms with Gasteiger partial charge in [-0.2, -0.15) is 4.98 Å². The monoisotopic (exact) mass is 702 g/mol. The molecule has 1 aromatic carbocycles. The largest absolute Gasteiger partial charge is 0.490 e. The molecule has 1 amide bonds. The molecule has 1 aliphatic carbocycles. The first-order chi connectivity index (χ1) is 24.5. The molecule has 2 unspecified atom stereocenters. The number of anilines is 1. The Labute approximate surface area is 295 Å². The van der Waals surface area contributed by atoms with Crippen LogP contribution in [0.1, 0.15) is 40.5 Å². The molecule has 3 aliphatic heterocycles. The predicted molar refractivity (Wildman–Crippen MR) is 190 cm³/mol. The van der Waals surface area contributed by atoms with Crippen molar-refractivity contribution in [1.29, 1.82) is 0 Å². The van der Waals surface area contributed by atoms with Gasteiger partial charge in [-0.25, -0.2) is 23.1 Å². The zero-order valence-electron chi connectivity index (χ0n) is 29.4. The van der Waals surface area contributed by atoms with Crippen molar-refractivity contribution in [3.8, 4) is 17.0 Å². The lowest BCUT2D eigenvalue weighted by molar-refractivity contribution is -0.126. The van der Waals surface area contributed by atoms with Crippen molar-refractivity contribution in [1.82, 2.24) is 24.3 Å². The summed E-state index contributed by atoms with van der Waals surface area (Å²) in [6.07, 6.45) is 4.95. The van der Waals surface area contributed by atoms with Gasteiger partial charge in [-0.15, -0.1) is 0 Å². The number of aliphatic hydroxyl groups excluding tert-OH is 1. The van der Waals surface area contributed by atoms with Gasteiger partial charge in [-0.3, -0.25) is 4.79 Å². The Kier molecular flexibility index (Phi) is 9.44. The van der Waals surface area contributed by atoms with E-state index in [9.17, 15) is 14.7 Å². The normalized spacial score (nSPS) is 23.6. The number of aromatic nitrogens is 3. The van der Waals surface area contributed by atoms with Crippen LogP contribution in [-0.2, 0) is 9.53 Å². The number of carbonyl (C=O) groups excluding carboxylic acids is 1. The summed E-state index contributed by atoms with van der Waals surface area (Å²) in [6.45, 7) is 13.4. The summed E-state index contributed by atoms with van der Waals surface area (Å²) in [6, 6.07) is 4.64. The third kappa shape index (κ3) is 6.53. The molecule has 7 rings (SSSR count). The van der Waals surface area contributed by atoms with Gasteiger partial charge in [0.15, 0.2) is 11.5 Å². The van der Waals surface area contributed by atoms with Crippen LogP contribution in [0.5, 0.6) is 5.75 Å². The maximum atomic E-state index is 16.4. The number of halogens is 2. The minimum absolute atomic E-state index is 0.00834. The van der Waals surface area contributed by atoms with Crippen LogP contribution < -0.4 is 15.3 Å². The van der Waals surface area contributed by atoms with Crippen LogP contribution in [0.15, 0.2) is 59.6 Å². The van der Waals surface area contributed by atoms with Gasteiger partial charge >= 0.3 is 5.69 Å². The first kappa shape index (κ1) is 34.8. The Morgan fingerprint density at radius 1 is 1.18 bits per heavy atom. The number of rotatable bonds is 7. The van der Waals surface area contributed by atoms with E-state index in [0.717, 1.165) is 12.8 Å². The number of ether oxygens (including phenoxy) is 2. The van der Waals surface area contributed by atoms with Crippen LogP contribution >= 0.6 is 0 Å². The fraction of sp³-hybridized carbons (Fsp3) is 0.474. The number of amides is 1. The molecule has 5 heterocycles. The first-order valence-corrected chi connectivity index (χ1v) is 17.7. The van der Waals surface area contributed by atoms with Crippen molar-refractivity contribution >= 4 is 28.5 Å². The van der Waals surface area contributed by atoms with E-state index in [1.807, 2.05) is 31.0 Å². The second-order valence-electron chi connectivity index (χ2n) is 14.4. The van der Waals surface area contributed by atoms with Gasteiger partial charge in [-0.1, -0.05) is 26.5 Å². The van der Waals surface area contributed by atoms with Gasteiger partial charge in [0.05, 0.1) is 29.3 Å². The number of benzene rings is 1. The maximum absolute atomic E-state index is 16.4. The number of hydrogen-bond acceptors (Lipinski definition) is 9. The number of aliphatic hydroxyl groups is 1. The predicted octanol–water partition coefficient (Wildman–Crippen LogP) is 4.59. The van der Waals surface area contributed by atoms with Gasteiger partial charge in [0.25, 0.3) is 0 Å². The van der Waals surface area contributed by atoms with E-state index in [1.165, 1.54) is 34.9 Å². The Bertz CT molecular complexity index is 1990. The zero-order chi connectivity index (χ0) is 36.1. The van der Waals surface area contributed by atoms with E-state index in [4.69, 9.17) is 14.5 Å². The summed E-state index contributed by atoms with van der Waals surface area (Å²) < 4.78 is 46.1. The van der Waals surface area contributed by atoms with Crippen molar-refractivity contribution < 1.29 is 28.2 Å². The van der Waals surface area contributed by atoms with Gasteiger partial charge in [-0.05, 0) is 68.9 Å². The molecule has 51 heavy (non-hydrogen) atoms. The quantitative estimate of drug-likeness (QED) is 0.354. The van der Waals surface area contributed by atoms with Crippen LogP contribution in [0.25, 0.3) is 28.0 Å². The summed E-state index contributed by atoms with van der Waals surface area (Å²) in [4.78, 5) is 42.1. The zero-order valence-corrected chi connectivity index (χ0v) is 29.4. The van der Waals surface area contributed by atoms with Crippen molar-refractivity contribution in [2.24, 2.45) is 11.8 Å². The highest BCUT2D eigenvalue weighted by atomic mass is 19.1. The summed E-state index contributed by atoms with van der Waals surface area (Å²) in [5, 5.41) is 12.0. The third-order valence-electron chi connectivity index (χ3n) is 10.1. The summed E-state index contributed by atoms with van der Waals surface area (Å²) in [5.74, 6) is -0.986. The molecule has 11 nitrogen and oxygen atoms in total. The molecule has 2 aromatic heterocycles. The molecular formula is C38H44F2N6O5. The lowest BCUT2D eigenvalue weighted by atomic mass is 9.94. The van der Waals surface area contributed by atoms with Crippen LogP contribution in [0.3, 0.4) is 0 Å². The lowest BCUT2D eigenvalue weighted by Gasteiger charge is -2.41. The number of fused-ring (bicyclic) bond motifs is 4. The maximum Gasteiger partial charge on any atom is 0.355 e. The van der Waals surface area contributed by atoms with Gasteiger partial charge in [0, 0.05) is 44.0 Å². The minimum Gasteiger partial charge on any atom is -0.490 e. The Morgan fingerprint density at radius 2 is 1.96 bits per heavy atom. The van der Waals surface area contributed by atoms with Crippen molar-refractivity contribution in [3.05, 3.63) is 76.9 Å². The molecule has 4 aliphatic rings. The number of pyridine rings is 1. The smallest absolute Gasteiger partial charge is 0.355 e. The molecule has 1 saturated carbocycles. The fourth-order valence-electron chi connectivity index (χ4n) is 7.35. The summed E-state index contributed by atoms with van der Waals surface area (Å²) in [5.41, 5.74) is -0.143. The highest BCUT2D eigenvalue weighted by Crippen LogP contribution is 2.40. The highest BCUT2D eigenvalue weighted by molar-refractivity contribution is 5.92. The first-order valence-electron chi connectivity index (χ1n) is 17.7. The molecule has 4 atom stereocenters. The van der Waals surface area contributed by atoms with Gasteiger partial charge < -0.3 is 29.3 Å². The Morgan fingerprint density at radius 3 is 2.67 bits per heavy atom. The van der Waals surface area contributed by atoms with Gasteiger partial charge in [0.2, 0.25) is 5.91 Å². The molecule has 3 aromatic rings. The number of piperazine rings is 1. The van der Waals surface area contributed by atoms with Crippen molar-refractivity contribution in [3.63, 3.8) is 0 Å². The second-order valence-corrected chi connectivity index (χ2v) is 14.4. The molecule has 2 bridgehead atoms. The molecule has 0 radical (unpaired) electrons. The number of hydrogen-bond donors (Lipinski definition) is 1. The molecular weight excluding hydrogens is 658 g/mol. The average Bonchev–Trinajstić information content (AvgIpc) is 3.93. The van der Waals surface area contributed by atoms with E-state index in [0.29, 0.717) is 50.0 Å². The SMILES string of the molecule is C=CC(=O)N1CCN(c2nc(=O)n3c4nc(c(F)cc24)-c2c(F)cccc2OCC(O)C(OCC2CC2)C2=C3[C@@H](C)N(CC(C)C)C=C2)[C@@H](C)C1. The van der Waals surface area contributed by atoms with Crippen LogP contribution in [-0.4, -0.2) is 99.0 Å². The van der Waals surface area contributed by atoms with E-state index < -0.39 is 35.6 Å². The molecule has 1 saturated heterocycles. The lowest BCUT2D eigenvalue weighted by Crippen LogP contribution is -2.54. The Balaban J connectivity index is 1.52. The topological polar surface area (TPSA) is 113 Å². The second kappa shape index (κ2) is 13.8. The van der Waals surface area contributed by atoms with Crippen molar-refractivity contribution in [2.45, 2.75) is 64.8 Å². The summed E-state index contributed by atoms with van der Waals surface area (Å²) >= 11 is 0. The summed E-state index contributed by atoms with van der Waals surface area (Å²) in [7, 11) is 0. The van der Waals surface area contributed by atoms with E-state index >= 15 is 8.78 Å². The molecule has 1 N–H and O–H groups in total. The third-order valence-corrected chi connectivity index (χ3v) is 10.1. The van der Waals surface area contributed by atoms with Crippen LogP contribution in [0, 0.1) is 23.5 Å². The minimum atomic E-state index is -1.23. The van der Waals surface area contributed by atoms with E-state index in [1.54, 1.807) is 4.90 Å². The molecule has 2 fully saturated rings. The fourth-order valence-corrected chi connectivity index (χ4v) is 7.35. The standard InChI is InChI=1S/C38H44F2N6O5/c1-6-31(48)44-14-15-45(22(4)18-44)36-26-16-28(40)33-32-27(39)8-7-9-30(32)50-20-29(47)35(51-19-24-10-11-24)25-12-13-43(17-21(2)3)23(5)34(25)46(37(26)41-33)38(49)42-36/h6-9,12-13,16,21-24,29,35,47H,1,10-11,14-15,17-20H2,2-5H3/t22-,23+,29?,35?/m0/s1. The molecule has 270 valence electrons. The Hall–Kier alpha value is -4.62. The van der Waals surface area contributed by atoms with Gasteiger partial charge in [0.1, 0.15) is 41.9 Å². The highest BCUT2D eigenvalue weighted by Gasteiger charge is 2.38. The van der Waals surface area contributed by atoms with E-state index in [-0.39, 0.29) is 58.3 Å². The number of carbonyl (C=O) groups is 1. The van der Waals surface area contributed by atoms with Crippen molar-refractivity contribution in [2.75, 3.05) is 44.3 Å². The molecule has 13 heteroatoms. The van der Waals surface area contributed by atoms with E-state index in [2.05, 4.69) is 30.3 Å². The van der Waals surface area contributed by atoms with Crippen LogP contribution in [0.4, 0.5) is 14.6 Å². The van der Waals surface area contributed by atoms with Crippen LogP contribution in [0.2, 0.25) is 0 Å². The average molecular weight is 703 g/mol.